The normalized spacial score (nSPS) is 19.1. The number of nitrogens with zero attached hydrogens (tertiary/aromatic N) is 2. The molecule has 11 heavy (non-hydrogen) atoms. The molecule has 1 aliphatic rings. The summed E-state index contributed by atoms with van der Waals surface area (Å²) in [6, 6.07) is 0. The maximum Gasteiger partial charge on any atom is 0.115 e. The highest BCUT2D eigenvalue weighted by Crippen LogP contribution is 2.10. The second-order valence-corrected chi connectivity index (χ2v) is 2.52. The van der Waals surface area contributed by atoms with Gasteiger partial charge in [0.15, 0.2) is 0 Å². The van der Waals surface area contributed by atoms with Gasteiger partial charge in [-0.05, 0) is 6.08 Å². The minimum absolute atomic E-state index is 1.06. The highest BCUT2D eigenvalue weighted by molar-refractivity contribution is 5.51. The Morgan fingerprint density at radius 2 is 2.09 bits per heavy atom. The van der Waals surface area contributed by atoms with Crippen LogP contribution < -0.4 is 5.32 Å². The average molecular weight is 147 g/mol. The molecule has 0 atom stereocenters. The van der Waals surface area contributed by atoms with Gasteiger partial charge in [0.1, 0.15) is 6.33 Å². The predicted octanol–water partition coefficient (Wildman–Crippen LogP) is 0.811. The van der Waals surface area contributed by atoms with Gasteiger partial charge in [-0.25, -0.2) is 9.97 Å². The van der Waals surface area contributed by atoms with Crippen LogP contribution in [0.25, 0.3) is 6.08 Å². The van der Waals surface area contributed by atoms with Crippen LogP contribution in [-0.4, -0.2) is 16.5 Å². The third-order valence-electron chi connectivity index (χ3n) is 1.67. The van der Waals surface area contributed by atoms with Gasteiger partial charge in [0.05, 0.1) is 0 Å². The zero-order chi connectivity index (χ0) is 7.52. The molecule has 0 spiro atoms. The Bertz CT molecular complexity index is 260. The monoisotopic (exact) mass is 147 g/mol. The summed E-state index contributed by atoms with van der Waals surface area (Å²) in [5, 5.41) is 3.20. The van der Waals surface area contributed by atoms with Crippen molar-refractivity contribution in [3.05, 3.63) is 30.0 Å². The SMILES string of the molecule is C(=C1CCN1)c1cncnc1. The summed E-state index contributed by atoms with van der Waals surface area (Å²) in [7, 11) is 0. The van der Waals surface area contributed by atoms with Gasteiger partial charge in [-0.15, -0.1) is 0 Å². The summed E-state index contributed by atoms with van der Waals surface area (Å²) in [6.45, 7) is 1.10. The molecule has 1 aromatic rings. The van der Waals surface area contributed by atoms with Gasteiger partial charge in [0.2, 0.25) is 0 Å². The first-order chi connectivity index (χ1) is 5.45. The molecule has 0 saturated carbocycles. The Labute approximate surface area is 65.2 Å². The van der Waals surface area contributed by atoms with Crippen molar-refractivity contribution in [1.29, 1.82) is 0 Å². The molecule has 3 heteroatoms. The van der Waals surface area contributed by atoms with E-state index >= 15 is 0 Å². The third-order valence-corrected chi connectivity index (χ3v) is 1.67. The van der Waals surface area contributed by atoms with E-state index < -0.39 is 0 Å². The van der Waals surface area contributed by atoms with Crippen molar-refractivity contribution in [3.8, 4) is 0 Å². The lowest BCUT2D eigenvalue weighted by Gasteiger charge is -2.19. The molecular weight excluding hydrogens is 138 g/mol. The molecule has 0 aromatic carbocycles. The second-order valence-electron chi connectivity index (χ2n) is 2.52. The Hall–Kier alpha value is -1.38. The highest BCUT2D eigenvalue weighted by Gasteiger charge is 2.05. The van der Waals surface area contributed by atoms with Crippen molar-refractivity contribution in [2.75, 3.05) is 6.54 Å². The second kappa shape index (κ2) is 2.70. The molecule has 0 unspecified atom stereocenters. The lowest BCUT2D eigenvalue weighted by Crippen LogP contribution is -2.27. The van der Waals surface area contributed by atoms with Crippen molar-refractivity contribution in [2.45, 2.75) is 6.42 Å². The predicted molar refractivity (Wildman–Crippen MR) is 42.6 cm³/mol. The van der Waals surface area contributed by atoms with Crippen molar-refractivity contribution in [2.24, 2.45) is 0 Å². The molecular formula is C8H9N3. The van der Waals surface area contributed by atoms with Crippen LogP contribution in [0.1, 0.15) is 12.0 Å². The first-order valence-corrected chi connectivity index (χ1v) is 3.64. The number of hydrogen-bond acceptors (Lipinski definition) is 3. The van der Waals surface area contributed by atoms with Crippen molar-refractivity contribution in [3.63, 3.8) is 0 Å². The summed E-state index contributed by atoms with van der Waals surface area (Å²) in [4.78, 5) is 7.83. The first kappa shape index (κ1) is 6.34. The van der Waals surface area contributed by atoms with Crippen LogP contribution in [-0.2, 0) is 0 Å². The van der Waals surface area contributed by atoms with Crippen LogP contribution >= 0.6 is 0 Å². The number of hydrogen-bond donors (Lipinski definition) is 1. The van der Waals surface area contributed by atoms with E-state index in [0.29, 0.717) is 0 Å². The van der Waals surface area contributed by atoms with E-state index in [9.17, 15) is 0 Å². The van der Waals surface area contributed by atoms with Crippen molar-refractivity contribution < 1.29 is 0 Å². The zero-order valence-corrected chi connectivity index (χ0v) is 6.12. The Kier molecular flexibility index (Phi) is 1.55. The summed E-state index contributed by atoms with van der Waals surface area (Å²) < 4.78 is 0. The largest absolute Gasteiger partial charge is 0.388 e. The average Bonchev–Trinajstić information content (AvgIpc) is 1.99. The quantitative estimate of drug-likeness (QED) is 0.638. The summed E-state index contributed by atoms with van der Waals surface area (Å²) in [5.41, 5.74) is 2.34. The summed E-state index contributed by atoms with van der Waals surface area (Å²) >= 11 is 0. The third kappa shape index (κ3) is 1.37. The smallest absolute Gasteiger partial charge is 0.115 e. The maximum atomic E-state index is 3.91. The fraction of sp³-hybridized carbons (Fsp3) is 0.250. The Balaban J connectivity index is 2.17. The standard InChI is InChI=1S/C8H9N3/c1-2-11-8(1)3-7-4-9-6-10-5-7/h3-6,11H,1-2H2. The van der Waals surface area contributed by atoms with E-state index in [1.165, 1.54) is 12.0 Å². The molecule has 0 aliphatic carbocycles. The summed E-state index contributed by atoms with van der Waals surface area (Å²) in [6.07, 6.45) is 8.37. The molecule has 0 bridgehead atoms. The molecule has 3 nitrogen and oxygen atoms in total. The minimum Gasteiger partial charge on any atom is -0.388 e. The Morgan fingerprint density at radius 1 is 1.36 bits per heavy atom. The van der Waals surface area contributed by atoms with E-state index in [1.54, 1.807) is 12.4 Å². The van der Waals surface area contributed by atoms with E-state index in [1.807, 2.05) is 0 Å². The van der Waals surface area contributed by atoms with Gasteiger partial charge in [-0.1, -0.05) is 0 Å². The van der Waals surface area contributed by atoms with Crippen LogP contribution in [0.4, 0.5) is 0 Å². The van der Waals surface area contributed by atoms with Gasteiger partial charge in [0, 0.05) is 36.6 Å². The Morgan fingerprint density at radius 3 is 2.64 bits per heavy atom. The molecule has 2 rings (SSSR count). The van der Waals surface area contributed by atoms with Gasteiger partial charge < -0.3 is 5.32 Å². The molecule has 1 aliphatic heterocycles. The lowest BCUT2D eigenvalue weighted by atomic mass is 10.1. The number of nitrogens with one attached hydrogen (secondary N) is 1. The van der Waals surface area contributed by atoms with Crippen LogP contribution in [0.5, 0.6) is 0 Å². The van der Waals surface area contributed by atoms with Crippen LogP contribution in [0.15, 0.2) is 24.4 Å². The van der Waals surface area contributed by atoms with Crippen LogP contribution in [0.3, 0.4) is 0 Å². The van der Waals surface area contributed by atoms with E-state index in [2.05, 4.69) is 21.4 Å². The van der Waals surface area contributed by atoms with Gasteiger partial charge in [-0.2, -0.15) is 0 Å². The van der Waals surface area contributed by atoms with Crippen molar-refractivity contribution in [1.82, 2.24) is 15.3 Å². The highest BCUT2D eigenvalue weighted by atomic mass is 14.9. The first-order valence-electron chi connectivity index (χ1n) is 3.64. The molecule has 0 amide bonds. The molecule has 1 saturated heterocycles. The molecule has 0 radical (unpaired) electrons. The zero-order valence-electron chi connectivity index (χ0n) is 6.12. The minimum atomic E-state index is 1.06. The molecule has 56 valence electrons. The maximum absolute atomic E-state index is 3.91. The van der Waals surface area contributed by atoms with E-state index in [-0.39, 0.29) is 0 Å². The fourth-order valence-corrected chi connectivity index (χ4v) is 0.979. The van der Waals surface area contributed by atoms with Crippen LogP contribution in [0.2, 0.25) is 0 Å². The van der Waals surface area contributed by atoms with E-state index in [0.717, 1.165) is 18.5 Å². The molecule has 1 fully saturated rings. The molecule has 1 N–H and O–H groups in total. The fourth-order valence-electron chi connectivity index (χ4n) is 0.979. The summed E-state index contributed by atoms with van der Waals surface area (Å²) in [5.74, 6) is 0. The molecule has 1 aromatic heterocycles. The van der Waals surface area contributed by atoms with Crippen molar-refractivity contribution >= 4 is 6.08 Å². The number of aromatic nitrogens is 2. The van der Waals surface area contributed by atoms with Gasteiger partial charge in [0.25, 0.3) is 0 Å². The van der Waals surface area contributed by atoms with Crippen LogP contribution in [0, 0.1) is 0 Å². The topological polar surface area (TPSA) is 37.8 Å². The van der Waals surface area contributed by atoms with Gasteiger partial charge >= 0.3 is 0 Å². The number of rotatable bonds is 1. The molecule has 2 heterocycles. The lowest BCUT2D eigenvalue weighted by molar-refractivity contribution is 0.641. The van der Waals surface area contributed by atoms with Gasteiger partial charge in [-0.3, -0.25) is 0 Å². The van der Waals surface area contributed by atoms with E-state index in [4.69, 9.17) is 0 Å².